The SMILES string of the molecule is CCCCCCCCCCCC(=O)OC12CC3CC(CC(C3)C1)C2. The Labute approximate surface area is 149 Å². The van der Waals surface area contributed by atoms with Crippen molar-refractivity contribution in [2.45, 2.75) is 115 Å². The Hall–Kier alpha value is -0.530. The summed E-state index contributed by atoms with van der Waals surface area (Å²) in [5.41, 5.74) is -0.0366. The molecule has 0 spiro atoms. The van der Waals surface area contributed by atoms with Gasteiger partial charge in [0, 0.05) is 6.42 Å². The van der Waals surface area contributed by atoms with Crippen LogP contribution in [-0.2, 0) is 9.53 Å². The van der Waals surface area contributed by atoms with Crippen LogP contribution in [0, 0.1) is 17.8 Å². The molecule has 4 aliphatic rings. The van der Waals surface area contributed by atoms with Crippen LogP contribution in [0.15, 0.2) is 0 Å². The number of hydrogen-bond donors (Lipinski definition) is 0. The average Bonchev–Trinajstić information content (AvgIpc) is 2.51. The van der Waals surface area contributed by atoms with Gasteiger partial charge in [-0.15, -0.1) is 0 Å². The van der Waals surface area contributed by atoms with E-state index in [0.29, 0.717) is 6.42 Å². The standard InChI is InChI=1S/C22H38O2/c1-2-3-4-5-6-7-8-9-10-11-21(23)24-22-15-18-12-19(16-22)14-20(13-18)17-22/h18-20H,2-17H2,1H3. The summed E-state index contributed by atoms with van der Waals surface area (Å²) in [7, 11) is 0. The lowest BCUT2D eigenvalue weighted by Gasteiger charge is -2.55. The van der Waals surface area contributed by atoms with Crippen molar-refractivity contribution in [1.29, 1.82) is 0 Å². The van der Waals surface area contributed by atoms with Gasteiger partial charge in [-0.1, -0.05) is 58.3 Å². The summed E-state index contributed by atoms with van der Waals surface area (Å²) in [5.74, 6) is 2.67. The van der Waals surface area contributed by atoms with E-state index >= 15 is 0 Å². The van der Waals surface area contributed by atoms with Crippen LogP contribution in [-0.4, -0.2) is 11.6 Å². The third kappa shape index (κ3) is 4.99. The second kappa shape index (κ2) is 8.72. The Morgan fingerprint density at radius 2 is 1.25 bits per heavy atom. The molecule has 4 aliphatic carbocycles. The zero-order valence-electron chi connectivity index (χ0n) is 15.9. The topological polar surface area (TPSA) is 26.3 Å². The molecule has 0 atom stereocenters. The number of esters is 1. The third-order valence-corrected chi connectivity index (χ3v) is 6.80. The van der Waals surface area contributed by atoms with Gasteiger partial charge in [0.2, 0.25) is 0 Å². The van der Waals surface area contributed by atoms with Gasteiger partial charge in [-0.2, -0.15) is 0 Å². The van der Waals surface area contributed by atoms with Crippen LogP contribution in [0.1, 0.15) is 110 Å². The predicted molar refractivity (Wildman–Crippen MR) is 98.8 cm³/mol. The zero-order valence-corrected chi connectivity index (χ0v) is 15.9. The monoisotopic (exact) mass is 334 g/mol. The first kappa shape index (κ1) is 18.3. The van der Waals surface area contributed by atoms with Gasteiger partial charge >= 0.3 is 5.97 Å². The van der Waals surface area contributed by atoms with E-state index < -0.39 is 0 Å². The number of hydrogen-bond acceptors (Lipinski definition) is 2. The second-order valence-electron chi connectivity index (χ2n) is 9.15. The van der Waals surface area contributed by atoms with E-state index in [9.17, 15) is 4.79 Å². The van der Waals surface area contributed by atoms with Crippen LogP contribution in [0.25, 0.3) is 0 Å². The molecule has 0 heterocycles. The molecular weight excluding hydrogens is 296 g/mol. The molecule has 138 valence electrons. The lowest BCUT2D eigenvalue weighted by molar-refractivity contribution is -0.186. The van der Waals surface area contributed by atoms with E-state index in [0.717, 1.165) is 24.2 Å². The highest BCUT2D eigenvalue weighted by Crippen LogP contribution is 2.57. The van der Waals surface area contributed by atoms with E-state index in [1.807, 2.05) is 0 Å². The average molecular weight is 335 g/mol. The smallest absolute Gasteiger partial charge is 0.306 e. The van der Waals surface area contributed by atoms with Crippen molar-refractivity contribution >= 4 is 5.97 Å². The van der Waals surface area contributed by atoms with Crippen molar-refractivity contribution in [1.82, 2.24) is 0 Å². The summed E-state index contributed by atoms with van der Waals surface area (Å²) in [4.78, 5) is 12.3. The fraction of sp³-hybridized carbons (Fsp3) is 0.955. The second-order valence-corrected chi connectivity index (χ2v) is 9.15. The first-order chi connectivity index (χ1) is 11.7. The molecule has 0 unspecified atom stereocenters. The summed E-state index contributed by atoms with van der Waals surface area (Å²) in [6, 6.07) is 0. The molecule has 0 N–H and O–H groups in total. The summed E-state index contributed by atoms with van der Waals surface area (Å²) in [6.45, 7) is 2.27. The van der Waals surface area contributed by atoms with Crippen molar-refractivity contribution in [2.75, 3.05) is 0 Å². The molecule has 0 aromatic rings. The maximum atomic E-state index is 12.3. The lowest BCUT2D eigenvalue weighted by Crippen LogP contribution is -2.52. The molecule has 2 heteroatoms. The van der Waals surface area contributed by atoms with Crippen molar-refractivity contribution in [2.24, 2.45) is 17.8 Å². The Bertz CT molecular complexity index is 365. The van der Waals surface area contributed by atoms with E-state index in [1.165, 1.54) is 89.9 Å². The Morgan fingerprint density at radius 3 is 1.75 bits per heavy atom. The molecule has 0 aromatic carbocycles. The molecular formula is C22H38O2. The van der Waals surface area contributed by atoms with E-state index in [4.69, 9.17) is 4.74 Å². The molecule has 0 aliphatic heterocycles. The van der Waals surface area contributed by atoms with Gasteiger partial charge < -0.3 is 4.74 Å². The zero-order chi connectivity index (χ0) is 16.8. The largest absolute Gasteiger partial charge is 0.459 e. The highest BCUT2D eigenvalue weighted by molar-refractivity contribution is 5.70. The maximum absolute atomic E-state index is 12.3. The molecule has 2 nitrogen and oxygen atoms in total. The first-order valence-electron chi connectivity index (χ1n) is 10.9. The van der Waals surface area contributed by atoms with Crippen molar-refractivity contribution < 1.29 is 9.53 Å². The minimum Gasteiger partial charge on any atom is -0.459 e. The summed E-state index contributed by atoms with van der Waals surface area (Å²) >= 11 is 0. The fourth-order valence-corrected chi connectivity index (χ4v) is 6.03. The van der Waals surface area contributed by atoms with Crippen LogP contribution in [0.4, 0.5) is 0 Å². The maximum Gasteiger partial charge on any atom is 0.306 e. The van der Waals surface area contributed by atoms with Crippen LogP contribution in [0.3, 0.4) is 0 Å². The van der Waals surface area contributed by atoms with Crippen molar-refractivity contribution in [3.05, 3.63) is 0 Å². The Morgan fingerprint density at radius 1 is 0.792 bits per heavy atom. The van der Waals surface area contributed by atoms with Crippen LogP contribution >= 0.6 is 0 Å². The molecule has 24 heavy (non-hydrogen) atoms. The van der Waals surface area contributed by atoms with Crippen LogP contribution < -0.4 is 0 Å². The summed E-state index contributed by atoms with van der Waals surface area (Å²) < 4.78 is 6.08. The minimum atomic E-state index is -0.0366. The van der Waals surface area contributed by atoms with Gasteiger partial charge in [-0.3, -0.25) is 4.79 Å². The summed E-state index contributed by atoms with van der Waals surface area (Å²) in [5, 5.41) is 0. The normalized spacial score (nSPS) is 33.8. The quantitative estimate of drug-likeness (QED) is 0.322. The minimum absolute atomic E-state index is 0.0366. The lowest BCUT2D eigenvalue weighted by atomic mass is 9.54. The molecule has 0 amide bonds. The van der Waals surface area contributed by atoms with E-state index in [1.54, 1.807) is 0 Å². The van der Waals surface area contributed by atoms with Crippen LogP contribution in [0.2, 0.25) is 0 Å². The Kier molecular flexibility index (Phi) is 6.63. The van der Waals surface area contributed by atoms with Gasteiger partial charge in [0.05, 0.1) is 0 Å². The van der Waals surface area contributed by atoms with Gasteiger partial charge in [-0.25, -0.2) is 0 Å². The van der Waals surface area contributed by atoms with E-state index in [2.05, 4.69) is 6.92 Å². The van der Waals surface area contributed by atoms with Gasteiger partial charge in [-0.05, 0) is 62.7 Å². The molecule has 4 rings (SSSR count). The number of ether oxygens (including phenoxy) is 1. The molecule has 0 saturated heterocycles. The molecule has 4 fully saturated rings. The molecule has 0 aromatic heterocycles. The first-order valence-corrected chi connectivity index (χ1v) is 10.9. The fourth-order valence-electron chi connectivity index (χ4n) is 6.03. The molecule has 4 saturated carbocycles. The number of carbonyl (C=O) groups excluding carboxylic acids is 1. The summed E-state index contributed by atoms with van der Waals surface area (Å²) in [6.07, 6.45) is 20.1. The molecule has 4 bridgehead atoms. The number of carbonyl (C=O) groups is 1. The Balaban J connectivity index is 1.26. The van der Waals surface area contributed by atoms with Gasteiger partial charge in [0.25, 0.3) is 0 Å². The number of unbranched alkanes of at least 4 members (excludes halogenated alkanes) is 8. The third-order valence-electron chi connectivity index (χ3n) is 6.80. The predicted octanol–water partition coefficient (Wildman–Crippen LogP) is 6.42. The van der Waals surface area contributed by atoms with Crippen molar-refractivity contribution in [3.63, 3.8) is 0 Å². The molecule has 0 radical (unpaired) electrons. The van der Waals surface area contributed by atoms with E-state index in [-0.39, 0.29) is 11.6 Å². The van der Waals surface area contributed by atoms with Gasteiger partial charge in [0.1, 0.15) is 5.60 Å². The van der Waals surface area contributed by atoms with Gasteiger partial charge in [0.15, 0.2) is 0 Å². The van der Waals surface area contributed by atoms with Crippen LogP contribution in [0.5, 0.6) is 0 Å². The van der Waals surface area contributed by atoms with Crippen molar-refractivity contribution in [3.8, 4) is 0 Å². The highest BCUT2D eigenvalue weighted by Gasteiger charge is 2.53. The highest BCUT2D eigenvalue weighted by atomic mass is 16.6. The number of rotatable bonds is 11.